The van der Waals surface area contributed by atoms with Gasteiger partial charge in [0.05, 0.1) is 0 Å². The average Bonchev–Trinajstić information content (AvgIpc) is 3.33. The Balaban J connectivity index is 1.36. The Hall–Kier alpha value is -2.79. The molecule has 0 radical (unpaired) electrons. The molecule has 0 spiro atoms. The average molecular weight is 450 g/mol. The Morgan fingerprint density at radius 3 is 2.36 bits per heavy atom. The van der Waals surface area contributed by atoms with E-state index in [0.717, 1.165) is 37.5 Å². The van der Waals surface area contributed by atoms with Gasteiger partial charge in [-0.15, -0.1) is 0 Å². The fourth-order valence-electron chi connectivity index (χ4n) is 4.50. The molecule has 1 aliphatic rings. The maximum Gasteiger partial charge on any atom is 0.123 e. The van der Waals surface area contributed by atoms with Crippen LogP contribution in [0.1, 0.15) is 44.2 Å². The molecular weight excluding hydrogens is 413 g/mol. The van der Waals surface area contributed by atoms with Crippen molar-refractivity contribution in [2.45, 2.75) is 52.3 Å². The summed E-state index contributed by atoms with van der Waals surface area (Å²) in [5, 5.41) is 0. The van der Waals surface area contributed by atoms with Gasteiger partial charge in [-0.3, -0.25) is 4.90 Å². The summed E-state index contributed by atoms with van der Waals surface area (Å²) >= 11 is 0. The number of nitrogens with one attached hydrogen (secondary N) is 1. The highest BCUT2D eigenvalue weighted by Crippen LogP contribution is 2.27. The summed E-state index contributed by atoms with van der Waals surface area (Å²) in [6.07, 6.45) is 7.66. The number of halogens is 1. The molecule has 176 valence electrons. The van der Waals surface area contributed by atoms with Crippen LogP contribution in [-0.2, 0) is 13.2 Å². The zero-order valence-electron chi connectivity index (χ0n) is 19.8. The summed E-state index contributed by atoms with van der Waals surface area (Å²) in [4.78, 5) is 8.33. The molecule has 2 aromatic carbocycles. The van der Waals surface area contributed by atoms with Gasteiger partial charge in [0.25, 0.3) is 0 Å². The molecule has 0 aliphatic carbocycles. The van der Waals surface area contributed by atoms with E-state index in [0.29, 0.717) is 18.6 Å². The van der Waals surface area contributed by atoms with Crippen LogP contribution in [0.2, 0.25) is 0 Å². The Morgan fingerprint density at radius 1 is 1.00 bits per heavy atom. The van der Waals surface area contributed by atoms with E-state index in [1.807, 2.05) is 6.20 Å². The molecule has 1 fully saturated rings. The van der Waals surface area contributed by atoms with E-state index in [2.05, 4.69) is 65.2 Å². The molecule has 1 N–H and O–H groups in total. The SMILES string of the molecule is CC(C)CCN(c1ccc(OCc2ccc(F)cc2)cc1)C1CCN(Cc2cc[nH]c2)CC1. The van der Waals surface area contributed by atoms with E-state index < -0.39 is 0 Å². The van der Waals surface area contributed by atoms with Gasteiger partial charge in [0.15, 0.2) is 0 Å². The molecule has 1 aliphatic heterocycles. The van der Waals surface area contributed by atoms with Crippen molar-refractivity contribution in [2.75, 3.05) is 24.5 Å². The molecule has 4 rings (SSSR count). The maximum atomic E-state index is 13.1. The van der Waals surface area contributed by atoms with Crippen LogP contribution in [0.25, 0.3) is 0 Å². The number of anilines is 1. The van der Waals surface area contributed by atoms with Crippen molar-refractivity contribution in [1.29, 1.82) is 0 Å². The quantitative estimate of drug-likeness (QED) is 0.397. The Morgan fingerprint density at radius 2 is 1.73 bits per heavy atom. The van der Waals surface area contributed by atoms with Crippen LogP contribution in [0.4, 0.5) is 10.1 Å². The van der Waals surface area contributed by atoms with Crippen LogP contribution in [0.5, 0.6) is 5.75 Å². The zero-order valence-corrected chi connectivity index (χ0v) is 19.8. The summed E-state index contributed by atoms with van der Waals surface area (Å²) < 4.78 is 19.0. The molecule has 4 nitrogen and oxygen atoms in total. The van der Waals surface area contributed by atoms with E-state index in [-0.39, 0.29) is 5.82 Å². The van der Waals surface area contributed by atoms with Crippen molar-refractivity contribution in [2.24, 2.45) is 5.92 Å². The number of ether oxygens (including phenoxy) is 1. The fourth-order valence-corrected chi connectivity index (χ4v) is 4.50. The van der Waals surface area contributed by atoms with E-state index >= 15 is 0 Å². The second kappa shape index (κ2) is 11.4. The summed E-state index contributed by atoms with van der Waals surface area (Å²) in [7, 11) is 0. The minimum absolute atomic E-state index is 0.222. The first-order chi connectivity index (χ1) is 16.1. The second-order valence-electron chi connectivity index (χ2n) is 9.51. The number of nitrogens with zero attached hydrogens (tertiary/aromatic N) is 2. The van der Waals surface area contributed by atoms with Gasteiger partial charge in [0.1, 0.15) is 18.2 Å². The molecule has 0 unspecified atom stereocenters. The van der Waals surface area contributed by atoms with Gasteiger partial charge >= 0.3 is 0 Å². The zero-order chi connectivity index (χ0) is 23.0. The first kappa shape index (κ1) is 23.4. The van der Waals surface area contributed by atoms with Crippen LogP contribution in [0.3, 0.4) is 0 Å². The van der Waals surface area contributed by atoms with Gasteiger partial charge in [0.2, 0.25) is 0 Å². The van der Waals surface area contributed by atoms with Crippen LogP contribution in [0, 0.1) is 11.7 Å². The molecule has 5 heteroatoms. The third-order valence-electron chi connectivity index (χ3n) is 6.50. The van der Waals surface area contributed by atoms with Gasteiger partial charge in [0, 0.05) is 50.3 Å². The summed E-state index contributed by atoms with van der Waals surface area (Å²) in [6.45, 7) is 9.41. The van der Waals surface area contributed by atoms with Crippen LogP contribution in [0.15, 0.2) is 67.0 Å². The first-order valence-electron chi connectivity index (χ1n) is 12.1. The molecule has 0 amide bonds. The fraction of sp³-hybridized carbons (Fsp3) is 0.429. The van der Waals surface area contributed by atoms with E-state index in [1.54, 1.807) is 12.1 Å². The normalized spacial score (nSPS) is 15.2. The summed E-state index contributed by atoms with van der Waals surface area (Å²) in [5.41, 5.74) is 3.60. The van der Waals surface area contributed by atoms with E-state index in [1.165, 1.54) is 42.6 Å². The number of hydrogen-bond acceptors (Lipinski definition) is 3. The van der Waals surface area contributed by atoms with Gasteiger partial charge < -0.3 is 14.6 Å². The second-order valence-corrected chi connectivity index (χ2v) is 9.51. The third kappa shape index (κ3) is 6.84. The monoisotopic (exact) mass is 449 g/mol. The first-order valence-corrected chi connectivity index (χ1v) is 12.1. The number of likely N-dealkylation sites (tertiary alicyclic amines) is 1. The van der Waals surface area contributed by atoms with E-state index in [4.69, 9.17) is 4.74 Å². The highest BCUT2D eigenvalue weighted by atomic mass is 19.1. The standard InChI is InChI=1S/C28H36FN3O/c1-22(2)12-18-32(27-13-16-31(17-14-27)20-24-11-15-30-19-24)26-7-9-28(10-8-26)33-21-23-3-5-25(29)6-4-23/h3-11,15,19,22,27,30H,12-14,16-18,20-21H2,1-2H3. The van der Waals surface area contributed by atoms with Crippen LogP contribution in [-0.4, -0.2) is 35.6 Å². The number of H-pyrrole nitrogens is 1. The molecule has 0 atom stereocenters. The van der Waals surface area contributed by atoms with Crippen molar-refractivity contribution < 1.29 is 9.13 Å². The summed E-state index contributed by atoms with van der Waals surface area (Å²) in [6, 6.07) is 17.7. The highest BCUT2D eigenvalue weighted by Gasteiger charge is 2.25. The van der Waals surface area contributed by atoms with Gasteiger partial charge in [-0.1, -0.05) is 26.0 Å². The lowest BCUT2D eigenvalue weighted by molar-refractivity contribution is 0.201. The lowest BCUT2D eigenvalue weighted by atomic mass is 10.00. The van der Waals surface area contributed by atoms with Crippen LogP contribution < -0.4 is 9.64 Å². The molecule has 1 saturated heterocycles. The van der Waals surface area contributed by atoms with Gasteiger partial charge in [-0.2, -0.15) is 0 Å². The van der Waals surface area contributed by atoms with E-state index in [9.17, 15) is 4.39 Å². The third-order valence-corrected chi connectivity index (χ3v) is 6.50. The molecule has 33 heavy (non-hydrogen) atoms. The predicted molar refractivity (Wildman–Crippen MR) is 133 cm³/mol. The van der Waals surface area contributed by atoms with Gasteiger partial charge in [-0.05, 0) is 78.8 Å². The number of rotatable bonds is 10. The molecule has 3 aromatic rings. The smallest absolute Gasteiger partial charge is 0.123 e. The number of benzene rings is 2. The van der Waals surface area contributed by atoms with Crippen molar-refractivity contribution in [3.8, 4) is 5.75 Å². The molecule has 1 aromatic heterocycles. The molecule has 0 bridgehead atoms. The number of hydrogen-bond donors (Lipinski definition) is 1. The minimum atomic E-state index is -0.222. The van der Waals surface area contributed by atoms with Crippen molar-refractivity contribution in [3.63, 3.8) is 0 Å². The highest BCUT2D eigenvalue weighted by molar-refractivity contribution is 5.50. The minimum Gasteiger partial charge on any atom is -0.489 e. The number of piperidine rings is 1. The number of aromatic nitrogens is 1. The molecular formula is C28H36FN3O. The largest absolute Gasteiger partial charge is 0.489 e. The number of aromatic amines is 1. The molecule has 2 heterocycles. The lowest BCUT2D eigenvalue weighted by Gasteiger charge is -2.40. The van der Waals surface area contributed by atoms with Gasteiger partial charge in [-0.25, -0.2) is 4.39 Å². The summed E-state index contributed by atoms with van der Waals surface area (Å²) in [5.74, 6) is 1.30. The predicted octanol–water partition coefficient (Wildman–Crippen LogP) is 6.25. The molecule has 0 saturated carbocycles. The van der Waals surface area contributed by atoms with Crippen molar-refractivity contribution in [3.05, 3.63) is 83.9 Å². The Bertz CT molecular complexity index is 946. The Labute approximate surface area is 197 Å². The van der Waals surface area contributed by atoms with Crippen LogP contribution >= 0.6 is 0 Å². The van der Waals surface area contributed by atoms with Crippen molar-refractivity contribution >= 4 is 5.69 Å². The Kier molecular flexibility index (Phi) is 8.05. The maximum absolute atomic E-state index is 13.1. The lowest BCUT2D eigenvalue weighted by Crippen LogP contribution is -2.45. The van der Waals surface area contributed by atoms with Crippen molar-refractivity contribution in [1.82, 2.24) is 9.88 Å². The topological polar surface area (TPSA) is 31.5 Å².